The van der Waals surface area contributed by atoms with E-state index in [2.05, 4.69) is 22.5 Å². The number of carbonyl (C=O) groups is 3. The molecule has 1 unspecified atom stereocenters. The van der Waals surface area contributed by atoms with Gasteiger partial charge in [-0.15, -0.1) is 6.42 Å². The second kappa shape index (κ2) is 15.0. The first-order valence-electron chi connectivity index (χ1n) is 10.4. The zero-order valence-corrected chi connectivity index (χ0v) is 19.6. The molecule has 0 N–H and O–H groups in total. The number of aldehydes is 1. The summed E-state index contributed by atoms with van der Waals surface area (Å²) in [5.41, 5.74) is 1.88. The van der Waals surface area contributed by atoms with E-state index in [9.17, 15) is 14.0 Å². The van der Waals surface area contributed by atoms with E-state index < -0.39 is 17.8 Å². The summed E-state index contributed by atoms with van der Waals surface area (Å²) in [6.07, 6.45) is 6.50. The molecule has 0 amide bonds. The highest BCUT2D eigenvalue weighted by molar-refractivity contribution is 5.90. The van der Waals surface area contributed by atoms with E-state index in [-0.39, 0.29) is 24.9 Å². The highest BCUT2D eigenvalue weighted by Crippen LogP contribution is 2.14. The summed E-state index contributed by atoms with van der Waals surface area (Å²) in [5.74, 6) is 6.56. The number of benzene rings is 2. The minimum Gasteiger partial charge on any atom is -0.459 e. The molecule has 1 atom stereocenters. The fourth-order valence-corrected chi connectivity index (χ4v) is 2.48. The number of hydrogen-bond acceptors (Lipinski definition) is 6. The summed E-state index contributed by atoms with van der Waals surface area (Å²) < 4.78 is 29.0. The largest absolute Gasteiger partial charge is 0.459 e. The van der Waals surface area contributed by atoms with E-state index in [1.54, 1.807) is 31.2 Å². The maximum absolute atomic E-state index is 14.3. The van der Waals surface area contributed by atoms with Gasteiger partial charge in [0, 0.05) is 23.8 Å². The first-order chi connectivity index (χ1) is 16.3. The molecule has 0 heterocycles. The van der Waals surface area contributed by atoms with Crippen LogP contribution in [0.4, 0.5) is 4.39 Å². The highest BCUT2D eigenvalue weighted by Gasteiger charge is 2.13. The standard InChI is InChI=1S/C25H23FO5.C2H4O/c1-5-17(3)31-25(28)22-12-18(6-2)11-20(13-22)8-7-19-9-10-21(23(26)14-19)15-24(27)30-16-29-4;1-2-3/h2,9-14,17H,5,15-16H2,1,3-4H3;2H,1H3. The van der Waals surface area contributed by atoms with Crippen LogP contribution in [0.2, 0.25) is 0 Å². The Morgan fingerprint density at radius 2 is 1.76 bits per heavy atom. The van der Waals surface area contributed by atoms with Gasteiger partial charge in [-0.1, -0.05) is 30.8 Å². The Hall–Kier alpha value is -3.94. The normalized spacial score (nSPS) is 10.4. The maximum Gasteiger partial charge on any atom is 0.338 e. The lowest BCUT2D eigenvalue weighted by Gasteiger charge is -2.11. The number of methoxy groups -OCH3 is 1. The molecule has 0 aromatic heterocycles. The van der Waals surface area contributed by atoms with Crippen molar-refractivity contribution in [3.63, 3.8) is 0 Å². The third-order valence-corrected chi connectivity index (χ3v) is 4.30. The predicted molar refractivity (Wildman–Crippen MR) is 125 cm³/mol. The van der Waals surface area contributed by atoms with Crippen LogP contribution in [-0.2, 0) is 30.2 Å². The first-order valence-corrected chi connectivity index (χ1v) is 10.4. The third kappa shape index (κ3) is 9.68. The quantitative estimate of drug-likeness (QED) is 0.265. The van der Waals surface area contributed by atoms with Gasteiger partial charge in [0.1, 0.15) is 12.1 Å². The molecule has 0 fully saturated rings. The molecular formula is C27H27FO6. The van der Waals surface area contributed by atoms with Crippen molar-refractivity contribution in [2.75, 3.05) is 13.9 Å². The molecule has 7 heteroatoms. The van der Waals surface area contributed by atoms with Crippen LogP contribution in [0.25, 0.3) is 0 Å². The zero-order valence-electron chi connectivity index (χ0n) is 19.6. The van der Waals surface area contributed by atoms with Crippen LogP contribution in [0.15, 0.2) is 36.4 Å². The number of esters is 2. The molecule has 0 saturated carbocycles. The molecule has 0 aliphatic carbocycles. The maximum atomic E-state index is 14.3. The lowest BCUT2D eigenvalue weighted by molar-refractivity contribution is -0.153. The van der Waals surface area contributed by atoms with Gasteiger partial charge in [0.25, 0.3) is 0 Å². The first kappa shape index (κ1) is 28.1. The number of terminal acetylenes is 1. The van der Waals surface area contributed by atoms with Gasteiger partial charge in [-0.2, -0.15) is 0 Å². The van der Waals surface area contributed by atoms with Crippen molar-refractivity contribution >= 4 is 18.2 Å². The minimum absolute atomic E-state index is 0.187. The van der Waals surface area contributed by atoms with Gasteiger partial charge in [0.05, 0.1) is 18.1 Å². The van der Waals surface area contributed by atoms with Gasteiger partial charge in [0.2, 0.25) is 0 Å². The molecule has 2 aromatic carbocycles. The van der Waals surface area contributed by atoms with Crippen LogP contribution in [0.3, 0.4) is 0 Å². The fraction of sp³-hybridized carbons (Fsp3) is 0.296. The van der Waals surface area contributed by atoms with E-state index in [1.807, 2.05) is 6.92 Å². The average molecular weight is 467 g/mol. The van der Waals surface area contributed by atoms with Crippen LogP contribution >= 0.6 is 0 Å². The summed E-state index contributed by atoms with van der Waals surface area (Å²) in [5, 5.41) is 0. The Morgan fingerprint density at radius 1 is 1.12 bits per heavy atom. The summed E-state index contributed by atoms with van der Waals surface area (Å²) in [4.78, 5) is 32.7. The van der Waals surface area contributed by atoms with Gasteiger partial charge >= 0.3 is 11.9 Å². The number of ether oxygens (including phenoxy) is 3. The zero-order chi connectivity index (χ0) is 25.5. The Balaban J connectivity index is 0.00000182. The van der Waals surface area contributed by atoms with Crippen LogP contribution in [0.1, 0.15) is 59.8 Å². The van der Waals surface area contributed by atoms with E-state index in [1.165, 1.54) is 26.2 Å². The van der Waals surface area contributed by atoms with E-state index >= 15 is 0 Å². The monoisotopic (exact) mass is 466 g/mol. The van der Waals surface area contributed by atoms with Crippen molar-refractivity contribution < 1.29 is 33.0 Å². The van der Waals surface area contributed by atoms with E-state index in [0.717, 1.165) is 6.29 Å². The lowest BCUT2D eigenvalue weighted by Crippen LogP contribution is -2.14. The Bertz CT molecular complexity index is 1100. The number of halogens is 1. The number of rotatable bonds is 7. The molecule has 0 aliphatic heterocycles. The van der Waals surface area contributed by atoms with E-state index in [4.69, 9.17) is 20.7 Å². The molecule has 6 nitrogen and oxygen atoms in total. The number of hydrogen-bond donors (Lipinski definition) is 0. The Morgan fingerprint density at radius 3 is 2.35 bits per heavy atom. The van der Waals surface area contributed by atoms with Gasteiger partial charge in [0.15, 0.2) is 6.79 Å². The predicted octanol–water partition coefficient (Wildman–Crippen LogP) is 4.06. The third-order valence-electron chi connectivity index (χ3n) is 4.30. The van der Waals surface area contributed by atoms with Crippen LogP contribution in [0, 0.1) is 30.0 Å². The molecule has 2 rings (SSSR count). The molecule has 0 spiro atoms. The van der Waals surface area contributed by atoms with Crippen molar-refractivity contribution in [2.45, 2.75) is 39.7 Å². The van der Waals surface area contributed by atoms with Gasteiger partial charge in [-0.25, -0.2) is 9.18 Å². The smallest absolute Gasteiger partial charge is 0.338 e. The van der Waals surface area contributed by atoms with Crippen molar-refractivity contribution in [2.24, 2.45) is 0 Å². The minimum atomic E-state index is -0.595. The molecule has 0 bridgehead atoms. The molecule has 0 saturated heterocycles. The van der Waals surface area contributed by atoms with E-state index in [0.29, 0.717) is 28.7 Å². The molecule has 34 heavy (non-hydrogen) atoms. The van der Waals surface area contributed by atoms with Gasteiger partial charge in [-0.3, -0.25) is 4.79 Å². The van der Waals surface area contributed by atoms with Crippen molar-refractivity contribution in [3.8, 4) is 24.2 Å². The van der Waals surface area contributed by atoms with Crippen LogP contribution in [-0.4, -0.2) is 38.2 Å². The average Bonchev–Trinajstić information content (AvgIpc) is 2.83. The Kier molecular flexibility index (Phi) is 12.4. The molecule has 2 aromatic rings. The SMILES string of the molecule is C#Cc1cc(C#Cc2ccc(CC(=O)OCOC)c(F)c2)cc(C(=O)OC(C)CC)c1.CC=O. The highest BCUT2D eigenvalue weighted by atomic mass is 19.1. The van der Waals surface area contributed by atoms with Crippen LogP contribution in [0.5, 0.6) is 0 Å². The summed E-state index contributed by atoms with van der Waals surface area (Å²) in [7, 11) is 1.39. The summed E-state index contributed by atoms with van der Waals surface area (Å²) in [6, 6.07) is 9.10. The second-order valence-electron chi connectivity index (χ2n) is 6.96. The molecule has 0 aliphatic rings. The fourth-order valence-electron chi connectivity index (χ4n) is 2.48. The summed E-state index contributed by atoms with van der Waals surface area (Å²) >= 11 is 0. The number of carbonyl (C=O) groups excluding carboxylic acids is 3. The van der Waals surface area contributed by atoms with Crippen molar-refractivity contribution in [1.82, 2.24) is 0 Å². The molecule has 178 valence electrons. The topological polar surface area (TPSA) is 78.9 Å². The second-order valence-corrected chi connectivity index (χ2v) is 6.96. The van der Waals surface area contributed by atoms with Gasteiger partial charge < -0.3 is 19.0 Å². The van der Waals surface area contributed by atoms with Crippen molar-refractivity contribution in [3.05, 3.63) is 70.0 Å². The molecule has 0 radical (unpaired) electrons. The lowest BCUT2D eigenvalue weighted by atomic mass is 10.0. The van der Waals surface area contributed by atoms with Gasteiger partial charge in [-0.05, 0) is 56.2 Å². The molecular weight excluding hydrogens is 439 g/mol. The Labute approximate surface area is 199 Å². The summed E-state index contributed by atoms with van der Waals surface area (Å²) in [6.45, 7) is 4.98. The van der Waals surface area contributed by atoms with Crippen LogP contribution < -0.4 is 0 Å². The van der Waals surface area contributed by atoms with Crippen molar-refractivity contribution in [1.29, 1.82) is 0 Å².